The van der Waals surface area contributed by atoms with E-state index in [1.54, 1.807) is 25.4 Å². The van der Waals surface area contributed by atoms with E-state index < -0.39 is 0 Å². The molecule has 0 saturated carbocycles. The van der Waals surface area contributed by atoms with Crippen LogP contribution in [0.25, 0.3) is 0 Å². The average molecular weight is 375 g/mol. The molecule has 0 aliphatic heterocycles. The van der Waals surface area contributed by atoms with E-state index in [4.69, 9.17) is 0 Å². The predicted molar refractivity (Wildman–Crippen MR) is 110 cm³/mol. The van der Waals surface area contributed by atoms with Gasteiger partial charge in [-0.25, -0.2) is 9.97 Å². The summed E-state index contributed by atoms with van der Waals surface area (Å²) in [6.07, 6.45) is 4.46. The fourth-order valence-corrected chi connectivity index (χ4v) is 2.92. The lowest BCUT2D eigenvalue weighted by molar-refractivity contribution is 0.0945. The first-order chi connectivity index (χ1) is 13.5. The Bertz CT molecular complexity index is 943. The molecular weight excluding hydrogens is 350 g/mol. The van der Waals surface area contributed by atoms with Crippen molar-refractivity contribution in [2.24, 2.45) is 0 Å². The second-order valence-electron chi connectivity index (χ2n) is 6.86. The highest BCUT2D eigenvalue weighted by atomic mass is 16.1. The highest BCUT2D eigenvalue weighted by molar-refractivity contribution is 5.92. The van der Waals surface area contributed by atoms with Crippen LogP contribution in [0.2, 0.25) is 0 Å². The second-order valence-corrected chi connectivity index (χ2v) is 6.86. The summed E-state index contributed by atoms with van der Waals surface area (Å²) in [4.78, 5) is 27.4. The van der Waals surface area contributed by atoms with Crippen molar-refractivity contribution >= 4 is 11.7 Å². The van der Waals surface area contributed by atoms with Gasteiger partial charge >= 0.3 is 0 Å². The van der Waals surface area contributed by atoms with E-state index in [1.807, 2.05) is 49.2 Å². The van der Waals surface area contributed by atoms with Crippen LogP contribution < -0.4 is 10.2 Å². The normalized spacial score (nSPS) is 10.5. The van der Waals surface area contributed by atoms with Crippen molar-refractivity contribution < 1.29 is 4.79 Å². The number of nitrogens with zero attached hydrogens (tertiary/aromatic N) is 4. The van der Waals surface area contributed by atoms with Gasteiger partial charge in [0.15, 0.2) is 0 Å². The smallest absolute Gasteiger partial charge is 0.270 e. The molecule has 28 heavy (non-hydrogen) atoms. The van der Waals surface area contributed by atoms with E-state index >= 15 is 0 Å². The average Bonchev–Trinajstić information content (AvgIpc) is 2.70. The number of likely N-dealkylation sites (N-methyl/N-ethyl adjacent to an activating group) is 1. The summed E-state index contributed by atoms with van der Waals surface area (Å²) >= 11 is 0. The topological polar surface area (TPSA) is 71.0 Å². The zero-order chi connectivity index (χ0) is 19.9. The summed E-state index contributed by atoms with van der Waals surface area (Å²) in [6, 6.07) is 13.8. The molecule has 0 saturated heterocycles. The maximum atomic E-state index is 12.6. The van der Waals surface area contributed by atoms with Gasteiger partial charge in [0, 0.05) is 38.6 Å². The van der Waals surface area contributed by atoms with Gasteiger partial charge in [0.1, 0.15) is 17.3 Å². The molecule has 6 heteroatoms. The Hall–Kier alpha value is -3.28. The number of pyridine rings is 1. The Morgan fingerprint density at radius 3 is 2.57 bits per heavy atom. The number of amides is 1. The van der Waals surface area contributed by atoms with Gasteiger partial charge in [0.2, 0.25) is 0 Å². The van der Waals surface area contributed by atoms with E-state index in [2.05, 4.69) is 26.3 Å². The minimum absolute atomic E-state index is 0.198. The molecule has 3 rings (SSSR count). The Labute approximate surface area is 165 Å². The van der Waals surface area contributed by atoms with Crippen LogP contribution >= 0.6 is 0 Å². The van der Waals surface area contributed by atoms with Crippen LogP contribution in [0.15, 0.2) is 54.9 Å². The van der Waals surface area contributed by atoms with Crippen molar-refractivity contribution in [3.05, 3.63) is 83.1 Å². The van der Waals surface area contributed by atoms with Crippen LogP contribution in [-0.4, -0.2) is 34.5 Å². The Morgan fingerprint density at radius 2 is 1.82 bits per heavy atom. The molecule has 0 bridgehead atoms. The number of aryl methyl sites for hydroxylation is 2. The quantitative estimate of drug-likeness (QED) is 0.687. The first-order valence-corrected chi connectivity index (χ1v) is 9.31. The standard InChI is InChI=1S/C22H25N5O/c1-16-5-4-6-19(13-16)15-24-22(28)20-14-21(26-17(2)25-20)27(3)12-9-18-7-10-23-11-8-18/h4-8,10-11,13-14H,9,12,15H2,1-3H3,(H,24,28). The van der Waals surface area contributed by atoms with Gasteiger partial charge < -0.3 is 10.2 Å². The van der Waals surface area contributed by atoms with Crippen molar-refractivity contribution in [1.82, 2.24) is 20.3 Å². The van der Waals surface area contributed by atoms with E-state index in [1.165, 1.54) is 11.1 Å². The molecule has 6 nitrogen and oxygen atoms in total. The Balaban J connectivity index is 1.65. The van der Waals surface area contributed by atoms with Gasteiger partial charge in [-0.3, -0.25) is 9.78 Å². The van der Waals surface area contributed by atoms with Crippen molar-refractivity contribution in [2.45, 2.75) is 26.8 Å². The van der Waals surface area contributed by atoms with Gasteiger partial charge in [-0.05, 0) is 43.5 Å². The molecule has 2 heterocycles. The fraction of sp³-hybridized carbons (Fsp3) is 0.273. The van der Waals surface area contributed by atoms with Gasteiger partial charge in [-0.1, -0.05) is 29.8 Å². The van der Waals surface area contributed by atoms with Crippen LogP contribution in [0, 0.1) is 13.8 Å². The van der Waals surface area contributed by atoms with Gasteiger partial charge in [-0.15, -0.1) is 0 Å². The summed E-state index contributed by atoms with van der Waals surface area (Å²) in [5.41, 5.74) is 3.83. The molecule has 1 aromatic carbocycles. The molecule has 0 radical (unpaired) electrons. The van der Waals surface area contributed by atoms with E-state index in [9.17, 15) is 4.79 Å². The molecular formula is C22H25N5O. The molecule has 1 N–H and O–H groups in total. The van der Waals surface area contributed by atoms with Gasteiger partial charge in [0.05, 0.1) is 0 Å². The minimum atomic E-state index is -0.198. The molecule has 0 spiro atoms. The highest BCUT2D eigenvalue weighted by Crippen LogP contribution is 2.13. The Kier molecular flexibility index (Phi) is 6.32. The highest BCUT2D eigenvalue weighted by Gasteiger charge is 2.13. The number of nitrogens with one attached hydrogen (secondary N) is 1. The SMILES string of the molecule is Cc1cccc(CNC(=O)c2cc(N(C)CCc3ccncc3)nc(C)n2)c1. The number of carbonyl (C=O) groups excluding carboxylic acids is 1. The summed E-state index contributed by atoms with van der Waals surface area (Å²) in [7, 11) is 1.97. The molecule has 0 atom stereocenters. The maximum absolute atomic E-state index is 12.6. The number of aromatic nitrogens is 3. The number of rotatable bonds is 7. The van der Waals surface area contributed by atoms with E-state index in [0.717, 1.165) is 24.3 Å². The zero-order valence-corrected chi connectivity index (χ0v) is 16.5. The second kappa shape index (κ2) is 9.08. The molecule has 0 fully saturated rings. The Morgan fingerprint density at radius 1 is 1.04 bits per heavy atom. The van der Waals surface area contributed by atoms with E-state index in [0.29, 0.717) is 18.1 Å². The monoisotopic (exact) mass is 375 g/mol. The number of carbonyl (C=O) groups is 1. The third kappa shape index (κ3) is 5.36. The summed E-state index contributed by atoms with van der Waals surface area (Å²) < 4.78 is 0. The largest absolute Gasteiger partial charge is 0.359 e. The molecule has 3 aromatic rings. The summed E-state index contributed by atoms with van der Waals surface area (Å²) in [5.74, 6) is 1.12. The third-order valence-corrected chi connectivity index (χ3v) is 4.47. The van der Waals surface area contributed by atoms with Crippen molar-refractivity contribution in [3.8, 4) is 0 Å². The van der Waals surface area contributed by atoms with Crippen LogP contribution in [0.3, 0.4) is 0 Å². The first-order valence-electron chi connectivity index (χ1n) is 9.31. The van der Waals surface area contributed by atoms with Crippen LogP contribution in [0.4, 0.5) is 5.82 Å². The van der Waals surface area contributed by atoms with Gasteiger partial charge in [-0.2, -0.15) is 0 Å². The maximum Gasteiger partial charge on any atom is 0.270 e. The lowest BCUT2D eigenvalue weighted by Crippen LogP contribution is -2.26. The number of benzene rings is 1. The van der Waals surface area contributed by atoms with Gasteiger partial charge in [0.25, 0.3) is 5.91 Å². The zero-order valence-electron chi connectivity index (χ0n) is 16.5. The van der Waals surface area contributed by atoms with E-state index in [-0.39, 0.29) is 5.91 Å². The summed E-state index contributed by atoms with van der Waals surface area (Å²) in [6.45, 7) is 5.09. The van der Waals surface area contributed by atoms with Crippen molar-refractivity contribution in [2.75, 3.05) is 18.5 Å². The molecule has 2 aromatic heterocycles. The lowest BCUT2D eigenvalue weighted by atomic mass is 10.1. The molecule has 0 aliphatic carbocycles. The van der Waals surface area contributed by atoms with Crippen LogP contribution in [0.1, 0.15) is 33.0 Å². The predicted octanol–water partition coefficient (Wildman–Crippen LogP) is 3.10. The van der Waals surface area contributed by atoms with Crippen molar-refractivity contribution in [3.63, 3.8) is 0 Å². The third-order valence-electron chi connectivity index (χ3n) is 4.47. The van der Waals surface area contributed by atoms with Crippen LogP contribution in [-0.2, 0) is 13.0 Å². The summed E-state index contributed by atoms with van der Waals surface area (Å²) in [5, 5.41) is 2.94. The first kappa shape index (κ1) is 19.5. The number of hydrogen-bond donors (Lipinski definition) is 1. The molecule has 0 unspecified atom stereocenters. The molecule has 0 aliphatic rings. The fourth-order valence-electron chi connectivity index (χ4n) is 2.92. The number of hydrogen-bond acceptors (Lipinski definition) is 5. The molecule has 1 amide bonds. The minimum Gasteiger partial charge on any atom is -0.359 e. The van der Waals surface area contributed by atoms with Crippen LogP contribution in [0.5, 0.6) is 0 Å². The molecule has 144 valence electrons. The van der Waals surface area contributed by atoms with Crippen molar-refractivity contribution in [1.29, 1.82) is 0 Å². The lowest BCUT2D eigenvalue weighted by Gasteiger charge is -2.19. The number of anilines is 1.